The first kappa shape index (κ1) is 16.4. The van der Waals surface area contributed by atoms with Crippen molar-refractivity contribution < 1.29 is 9.18 Å². The first-order valence-electron chi connectivity index (χ1n) is 7.05. The molecule has 4 nitrogen and oxygen atoms in total. The van der Waals surface area contributed by atoms with Crippen molar-refractivity contribution in [2.45, 2.75) is 18.5 Å². The quantitative estimate of drug-likeness (QED) is 0.737. The average molecular weight is 399 g/mol. The Bertz CT molecular complexity index is 726. The molecule has 1 amide bonds. The molecule has 0 radical (unpaired) electrons. The summed E-state index contributed by atoms with van der Waals surface area (Å²) in [6.45, 7) is 0. The number of amides is 1. The Morgan fingerprint density at radius 1 is 1.22 bits per heavy atom. The van der Waals surface area contributed by atoms with Gasteiger partial charge in [-0.05, 0) is 42.3 Å². The molecule has 1 aliphatic heterocycles. The summed E-state index contributed by atoms with van der Waals surface area (Å²) in [7, 11) is 0. The summed E-state index contributed by atoms with van der Waals surface area (Å²) < 4.78 is 14.3. The average Bonchev–Trinajstić information content (AvgIpc) is 3.02. The van der Waals surface area contributed by atoms with Gasteiger partial charge < -0.3 is 5.32 Å². The predicted molar refractivity (Wildman–Crippen MR) is 91.6 cm³/mol. The molecule has 1 aliphatic rings. The fourth-order valence-corrected chi connectivity index (χ4v) is 2.88. The van der Waals surface area contributed by atoms with Crippen LogP contribution in [-0.2, 0) is 4.79 Å². The second kappa shape index (κ2) is 6.97. The van der Waals surface area contributed by atoms with Crippen molar-refractivity contribution in [1.82, 2.24) is 10.9 Å². The van der Waals surface area contributed by atoms with Crippen molar-refractivity contribution in [3.63, 3.8) is 0 Å². The highest BCUT2D eigenvalue weighted by Crippen LogP contribution is 2.26. The van der Waals surface area contributed by atoms with Crippen LogP contribution in [0.4, 0.5) is 10.1 Å². The molecular formula is C16H14BrClFN3O. The summed E-state index contributed by atoms with van der Waals surface area (Å²) >= 11 is 9.36. The molecule has 2 atom stereocenters. The molecule has 120 valence electrons. The molecule has 0 aromatic heterocycles. The Labute approximate surface area is 146 Å². The summed E-state index contributed by atoms with van der Waals surface area (Å²) in [5.41, 5.74) is 7.42. The van der Waals surface area contributed by atoms with Crippen molar-refractivity contribution in [3.8, 4) is 0 Å². The van der Waals surface area contributed by atoms with Crippen LogP contribution >= 0.6 is 27.5 Å². The lowest BCUT2D eigenvalue weighted by Gasteiger charge is -2.12. The monoisotopic (exact) mass is 397 g/mol. The van der Waals surface area contributed by atoms with Gasteiger partial charge in [-0.25, -0.2) is 15.2 Å². The van der Waals surface area contributed by atoms with Crippen LogP contribution in [0.3, 0.4) is 0 Å². The standard InChI is InChI=1S/C16H14BrClFN3O/c17-10-3-1-9(2-4-10)13-8-15(22-21-13)16(23)20-14-7-11(19)5-6-12(14)18/h1-7,13,15,21-22H,8H2,(H,20,23). The summed E-state index contributed by atoms with van der Waals surface area (Å²) in [5, 5.41) is 2.95. The van der Waals surface area contributed by atoms with Gasteiger partial charge in [0.15, 0.2) is 0 Å². The zero-order valence-electron chi connectivity index (χ0n) is 11.9. The van der Waals surface area contributed by atoms with Crippen LogP contribution in [-0.4, -0.2) is 11.9 Å². The van der Waals surface area contributed by atoms with E-state index in [-0.39, 0.29) is 17.6 Å². The summed E-state index contributed by atoms with van der Waals surface area (Å²) in [4.78, 5) is 12.3. The van der Waals surface area contributed by atoms with E-state index in [0.29, 0.717) is 11.4 Å². The lowest BCUT2D eigenvalue weighted by Crippen LogP contribution is -2.39. The van der Waals surface area contributed by atoms with Crippen LogP contribution in [0.1, 0.15) is 18.0 Å². The topological polar surface area (TPSA) is 53.2 Å². The van der Waals surface area contributed by atoms with Gasteiger partial charge in [0.2, 0.25) is 5.91 Å². The maximum absolute atomic E-state index is 13.2. The molecule has 0 bridgehead atoms. The number of hydrazine groups is 1. The van der Waals surface area contributed by atoms with Crippen molar-refractivity contribution in [3.05, 3.63) is 63.3 Å². The van der Waals surface area contributed by atoms with Crippen molar-refractivity contribution in [2.24, 2.45) is 0 Å². The first-order chi connectivity index (χ1) is 11.0. The number of anilines is 1. The Morgan fingerprint density at radius 2 is 1.96 bits per heavy atom. The fourth-order valence-electron chi connectivity index (χ4n) is 2.45. The minimum atomic E-state index is -0.449. The normalized spacial score (nSPS) is 20.5. The smallest absolute Gasteiger partial charge is 0.242 e. The third-order valence-corrected chi connectivity index (χ3v) is 4.54. The Hall–Kier alpha value is -1.47. The van der Waals surface area contributed by atoms with Gasteiger partial charge in [-0.2, -0.15) is 0 Å². The molecule has 2 aromatic carbocycles. The van der Waals surface area contributed by atoms with Gasteiger partial charge in [-0.15, -0.1) is 0 Å². The zero-order chi connectivity index (χ0) is 16.4. The van der Waals surface area contributed by atoms with Crippen LogP contribution in [0.15, 0.2) is 46.9 Å². The second-order valence-electron chi connectivity index (χ2n) is 5.29. The predicted octanol–water partition coefficient (Wildman–Crippen LogP) is 3.79. The van der Waals surface area contributed by atoms with Gasteiger partial charge in [0.05, 0.1) is 10.7 Å². The molecule has 7 heteroatoms. The van der Waals surface area contributed by atoms with Gasteiger partial charge in [0.1, 0.15) is 11.9 Å². The number of rotatable bonds is 3. The van der Waals surface area contributed by atoms with E-state index in [1.165, 1.54) is 18.2 Å². The van der Waals surface area contributed by atoms with Crippen LogP contribution in [0.2, 0.25) is 5.02 Å². The number of halogens is 3. The number of nitrogens with one attached hydrogen (secondary N) is 3. The van der Waals surface area contributed by atoms with E-state index in [0.717, 1.165) is 10.0 Å². The highest BCUT2D eigenvalue weighted by atomic mass is 79.9. The van der Waals surface area contributed by atoms with E-state index in [1.54, 1.807) is 0 Å². The van der Waals surface area contributed by atoms with E-state index in [4.69, 9.17) is 11.6 Å². The molecule has 1 fully saturated rings. The SMILES string of the molecule is O=C(Nc1cc(F)ccc1Cl)C1CC(c2ccc(Br)cc2)NN1. The van der Waals surface area contributed by atoms with Crippen LogP contribution in [0.25, 0.3) is 0 Å². The fraction of sp³-hybridized carbons (Fsp3) is 0.188. The van der Waals surface area contributed by atoms with Crippen molar-refractivity contribution in [2.75, 3.05) is 5.32 Å². The van der Waals surface area contributed by atoms with E-state index < -0.39 is 11.9 Å². The van der Waals surface area contributed by atoms with Gasteiger partial charge in [-0.3, -0.25) is 4.79 Å². The number of hydrogen-bond donors (Lipinski definition) is 3. The zero-order valence-corrected chi connectivity index (χ0v) is 14.3. The Balaban J connectivity index is 1.65. The van der Waals surface area contributed by atoms with Gasteiger partial charge in [-0.1, -0.05) is 39.7 Å². The number of hydrogen-bond acceptors (Lipinski definition) is 3. The van der Waals surface area contributed by atoms with Crippen molar-refractivity contribution in [1.29, 1.82) is 0 Å². The van der Waals surface area contributed by atoms with Gasteiger partial charge >= 0.3 is 0 Å². The van der Waals surface area contributed by atoms with E-state index in [9.17, 15) is 9.18 Å². The largest absolute Gasteiger partial charge is 0.323 e. The molecule has 3 rings (SSSR count). The van der Waals surface area contributed by atoms with E-state index in [1.807, 2.05) is 24.3 Å². The molecule has 0 spiro atoms. The van der Waals surface area contributed by atoms with Crippen molar-refractivity contribution >= 4 is 39.1 Å². The second-order valence-corrected chi connectivity index (χ2v) is 6.62. The third kappa shape index (κ3) is 3.90. The highest BCUT2D eigenvalue weighted by Gasteiger charge is 2.30. The Morgan fingerprint density at radius 3 is 2.70 bits per heavy atom. The summed E-state index contributed by atoms with van der Waals surface area (Å²) in [6, 6.07) is 11.4. The molecule has 23 heavy (non-hydrogen) atoms. The van der Waals surface area contributed by atoms with Crippen LogP contribution in [0.5, 0.6) is 0 Å². The maximum atomic E-state index is 13.2. The molecule has 1 saturated heterocycles. The maximum Gasteiger partial charge on any atom is 0.242 e. The molecular weight excluding hydrogens is 385 g/mol. The molecule has 1 heterocycles. The van der Waals surface area contributed by atoms with Gasteiger partial charge in [0, 0.05) is 10.5 Å². The molecule has 2 unspecified atom stereocenters. The van der Waals surface area contributed by atoms with Gasteiger partial charge in [0.25, 0.3) is 0 Å². The lowest BCUT2D eigenvalue weighted by molar-refractivity contribution is -0.117. The third-order valence-electron chi connectivity index (χ3n) is 3.68. The Kier molecular flexibility index (Phi) is 4.96. The molecule has 2 aromatic rings. The number of carbonyl (C=O) groups is 1. The summed E-state index contributed by atoms with van der Waals surface area (Å²) in [5.74, 6) is -0.709. The number of carbonyl (C=O) groups excluding carboxylic acids is 1. The highest BCUT2D eigenvalue weighted by molar-refractivity contribution is 9.10. The number of benzene rings is 2. The molecule has 0 saturated carbocycles. The minimum Gasteiger partial charge on any atom is -0.323 e. The first-order valence-corrected chi connectivity index (χ1v) is 8.22. The van der Waals surface area contributed by atoms with Crippen LogP contribution in [0, 0.1) is 5.82 Å². The molecule has 3 N–H and O–H groups in total. The van der Waals surface area contributed by atoms with Crippen LogP contribution < -0.4 is 16.2 Å². The summed E-state index contributed by atoms with van der Waals surface area (Å²) in [6.07, 6.45) is 0.584. The van der Waals surface area contributed by atoms with E-state index >= 15 is 0 Å². The minimum absolute atomic E-state index is 0.0295. The van der Waals surface area contributed by atoms with E-state index in [2.05, 4.69) is 32.1 Å². The molecule has 0 aliphatic carbocycles. The lowest BCUT2D eigenvalue weighted by atomic mass is 10.0.